The van der Waals surface area contributed by atoms with E-state index in [1.54, 1.807) is 0 Å². The van der Waals surface area contributed by atoms with E-state index >= 15 is 0 Å². The van der Waals surface area contributed by atoms with Crippen LogP contribution in [0.15, 0.2) is 30.5 Å². The minimum Gasteiger partial charge on any atom is -0.478 e. The first-order valence-electron chi connectivity index (χ1n) is 5.51. The highest BCUT2D eigenvalue weighted by molar-refractivity contribution is 5.96. The number of aromatic nitrogens is 3. The van der Waals surface area contributed by atoms with Gasteiger partial charge < -0.3 is 10.1 Å². The largest absolute Gasteiger partial charge is 0.478 e. The number of aromatic carboxylic acids is 1. The van der Waals surface area contributed by atoms with E-state index < -0.39 is 5.97 Å². The van der Waals surface area contributed by atoms with Crippen molar-refractivity contribution in [1.29, 1.82) is 0 Å². The summed E-state index contributed by atoms with van der Waals surface area (Å²) >= 11 is 0. The lowest BCUT2D eigenvalue weighted by Gasteiger charge is -1.95. The maximum absolute atomic E-state index is 11.1. The van der Waals surface area contributed by atoms with Crippen LogP contribution in [0.5, 0.6) is 0 Å². The molecule has 0 aliphatic rings. The molecule has 0 radical (unpaired) electrons. The van der Waals surface area contributed by atoms with Gasteiger partial charge in [0.05, 0.1) is 17.6 Å². The number of H-pyrrole nitrogens is 2. The fraction of sp³-hybridized carbons (Fsp3) is 0.0769. The minimum atomic E-state index is -0.992. The van der Waals surface area contributed by atoms with Gasteiger partial charge in [0, 0.05) is 10.9 Å². The molecule has 5 heteroatoms. The summed E-state index contributed by atoms with van der Waals surface area (Å²) in [6.07, 6.45) is 1.31. The number of carboxylic acids is 1. The number of hydrogen-bond donors (Lipinski definition) is 3. The normalized spacial score (nSPS) is 10.9. The highest BCUT2D eigenvalue weighted by atomic mass is 16.4. The Balaban J connectivity index is 2.19. The second kappa shape index (κ2) is 3.73. The molecule has 1 aromatic carbocycles. The van der Waals surface area contributed by atoms with Crippen LogP contribution in [-0.4, -0.2) is 26.3 Å². The molecule has 0 amide bonds. The number of nitrogens with one attached hydrogen (secondary N) is 2. The van der Waals surface area contributed by atoms with Gasteiger partial charge in [-0.05, 0) is 24.6 Å². The van der Waals surface area contributed by atoms with Gasteiger partial charge in [-0.25, -0.2) is 4.79 Å². The van der Waals surface area contributed by atoms with E-state index in [9.17, 15) is 4.79 Å². The molecule has 3 rings (SSSR count). The number of rotatable bonds is 2. The van der Waals surface area contributed by atoms with Crippen molar-refractivity contribution in [1.82, 2.24) is 15.2 Å². The number of carboxylic acid groups (broad SMARTS) is 1. The van der Waals surface area contributed by atoms with Gasteiger partial charge in [0.25, 0.3) is 0 Å². The van der Waals surface area contributed by atoms with Crippen molar-refractivity contribution in [2.75, 3.05) is 0 Å². The smallest absolute Gasteiger partial charge is 0.339 e. The van der Waals surface area contributed by atoms with Crippen molar-refractivity contribution in [2.45, 2.75) is 6.92 Å². The van der Waals surface area contributed by atoms with Gasteiger partial charge >= 0.3 is 5.97 Å². The Kier molecular flexibility index (Phi) is 2.19. The number of aryl methyl sites for hydroxylation is 1. The Bertz CT molecular complexity index is 740. The zero-order valence-electron chi connectivity index (χ0n) is 9.69. The van der Waals surface area contributed by atoms with Gasteiger partial charge in [0.15, 0.2) is 0 Å². The molecule has 0 aliphatic heterocycles. The third kappa shape index (κ3) is 1.57. The summed E-state index contributed by atoms with van der Waals surface area (Å²) in [7, 11) is 0. The molecule has 18 heavy (non-hydrogen) atoms. The lowest BCUT2D eigenvalue weighted by Crippen LogP contribution is -1.96. The van der Waals surface area contributed by atoms with Crippen molar-refractivity contribution in [3.05, 3.63) is 41.6 Å². The van der Waals surface area contributed by atoms with Crippen molar-refractivity contribution in [3.63, 3.8) is 0 Å². The SMILES string of the molecule is Cc1ccc2cc(-c3[nH]ncc3C(=O)O)[nH]c2c1. The Morgan fingerprint density at radius 2 is 2.17 bits per heavy atom. The Hall–Kier alpha value is -2.56. The molecule has 0 saturated heterocycles. The zero-order valence-corrected chi connectivity index (χ0v) is 9.69. The van der Waals surface area contributed by atoms with E-state index in [2.05, 4.69) is 15.2 Å². The van der Waals surface area contributed by atoms with Gasteiger partial charge in [-0.2, -0.15) is 5.10 Å². The predicted octanol–water partition coefficient (Wildman–Crippen LogP) is 2.56. The lowest BCUT2D eigenvalue weighted by atomic mass is 10.1. The standard InChI is InChI=1S/C13H11N3O2/c1-7-2-3-8-5-11(15-10(8)4-7)12-9(13(17)18)6-14-16-12/h2-6,15H,1H3,(H,14,16)(H,17,18). The molecule has 3 N–H and O–H groups in total. The molecule has 3 aromatic rings. The molecule has 90 valence electrons. The topological polar surface area (TPSA) is 81.8 Å². The molecule has 0 fully saturated rings. The van der Waals surface area contributed by atoms with Gasteiger partial charge in [-0.3, -0.25) is 5.10 Å². The molecule has 0 spiro atoms. The number of hydrogen-bond acceptors (Lipinski definition) is 2. The van der Waals surface area contributed by atoms with Crippen LogP contribution in [0.1, 0.15) is 15.9 Å². The van der Waals surface area contributed by atoms with Crippen LogP contribution in [0, 0.1) is 6.92 Å². The zero-order chi connectivity index (χ0) is 12.7. The fourth-order valence-electron chi connectivity index (χ4n) is 2.03. The number of carbonyl (C=O) groups is 1. The third-order valence-electron chi connectivity index (χ3n) is 2.92. The summed E-state index contributed by atoms with van der Waals surface area (Å²) in [6.45, 7) is 2.01. The van der Waals surface area contributed by atoms with E-state index in [-0.39, 0.29) is 5.56 Å². The molecule has 0 saturated carbocycles. The third-order valence-corrected chi connectivity index (χ3v) is 2.92. The first-order valence-corrected chi connectivity index (χ1v) is 5.51. The molecule has 2 heterocycles. The van der Waals surface area contributed by atoms with Crippen LogP contribution in [0.25, 0.3) is 22.3 Å². The average Bonchev–Trinajstić information content (AvgIpc) is 2.93. The second-order valence-corrected chi connectivity index (χ2v) is 4.24. The molecule has 0 unspecified atom stereocenters. The molecule has 2 aromatic heterocycles. The van der Waals surface area contributed by atoms with Crippen molar-refractivity contribution in [2.24, 2.45) is 0 Å². The van der Waals surface area contributed by atoms with Crippen LogP contribution in [0.3, 0.4) is 0 Å². The Morgan fingerprint density at radius 1 is 1.33 bits per heavy atom. The second-order valence-electron chi connectivity index (χ2n) is 4.24. The van der Waals surface area contributed by atoms with E-state index in [0.29, 0.717) is 5.69 Å². The summed E-state index contributed by atoms with van der Waals surface area (Å²) in [5.74, 6) is -0.992. The van der Waals surface area contributed by atoms with E-state index in [1.165, 1.54) is 6.20 Å². The summed E-state index contributed by atoms with van der Waals surface area (Å²) in [4.78, 5) is 14.3. The number of fused-ring (bicyclic) bond motifs is 1. The van der Waals surface area contributed by atoms with Crippen molar-refractivity contribution >= 4 is 16.9 Å². The van der Waals surface area contributed by atoms with Crippen molar-refractivity contribution < 1.29 is 9.90 Å². The molecule has 0 atom stereocenters. The number of aromatic amines is 2. The fourth-order valence-corrected chi connectivity index (χ4v) is 2.03. The monoisotopic (exact) mass is 241 g/mol. The molecular formula is C13H11N3O2. The number of benzene rings is 1. The van der Waals surface area contributed by atoms with Crippen LogP contribution in [0.4, 0.5) is 0 Å². The maximum Gasteiger partial charge on any atom is 0.339 e. The first kappa shape index (κ1) is 10.6. The van der Waals surface area contributed by atoms with Crippen molar-refractivity contribution in [3.8, 4) is 11.4 Å². The highest BCUT2D eigenvalue weighted by Gasteiger charge is 2.15. The summed E-state index contributed by atoms with van der Waals surface area (Å²) in [5, 5.41) is 16.6. The minimum absolute atomic E-state index is 0.165. The van der Waals surface area contributed by atoms with Crippen LogP contribution in [0.2, 0.25) is 0 Å². The lowest BCUT2D eigenvalue weighted by molar-refractivity contribution is 0.0698. The van der Waals surface area contributed by atoms with Gasteiger partial charge in [0.1, 0.15) is 5.56 Å². The Morgan fingerprint density at radius 3 is 2.94 bits per heavy atom. The summed E-state index contributed by atoms with van der Waals surface area (Å²) < 4.78 is 0. The number of nitrogens with zero attached hydrogens (tertiary/aromatic N) is 1. The van der Waals surface area contributed by atoms with Gasteiger partial charge in [0.2, 0.25) is 0 Å². The van der Waals surface area contributed by atoms with Gasteiger partial charge in [-0.15, -0.1) is 0 Å². The quantitative estimate of drug-likeness (QED) is 0.644. The average molecular weight is 241 g/mol. The van der Waals surface area contributed by atoms with E-state index in [4.69, 9.17) is 5.11 Å². The molecular weight excluding hydrogens is 230 g/mol. The first-order chi connectivity index (χ1) is 8.65. The van der Waals surface area contributed by atoms with E-state index in [0.717, 1.165) is 22.2 Å². The molecule has 0 bridgehead atoms. The Labute approximate surface area is 102 Å². The van der Waals surface area contributed by atoms with Crippen LogP contribution in [-0.2, 0) is 0 Å². The van der Waals surface area contributed by atoms with Gasteiger partial charge in [-0.1, -0.05) is 12.1 Å². The highest BCUT2D eigenvalue weighted by Crippen LogP contribution is 2.25. The van der Waals surface area contributed by atoms with Crippen LogP contribution < -0.4 is 0 Å². The molecule has 5 nitrogen and oxygen atoms in total. The van der Waals surface area contributed by atoms with E-state index in [1.807, 2.05) is 31.2 Å². The summed E-state index contributed by atoms with van der Waals surface area (Å²) in [5.41, 5.74) is 3.52. The van der Waals surface area contributed by atoms with Crippen LogP contribution >= 0.6 is 0 Å². The summed E-state index contributed by atoms with van der Waals surface area (Å²) in [6, 6.07) is 7.96. The maximum atomic E-state index is 11.1. The predicted molar refractivity (Wildman–Crippen MR) is 67.6 cm³/mol. The molecule has 0 aliphatic carbocycles.